The number of esters is 3. The lowest BCUT2D eigenvalue weighted by molar-refractivity contribution is -0.167. The van der Waals surface area contributed by atoms with E-state index >= 15 is 0 Å². The molecule has 0 aliphatic heterocycles. The first-order valence-electron chi connectivity index (χ1n) is 29.9. The van der Waals surface area contributed by atoms with E-state index in [0.29, 0.717) is 19.3 Å². The predicted molar refractivity (Wildman–Crippen MR) is 311 cm³/mol. The Morgan fingerprint density at radius 1 is 0.292 bits per heavy atom. The number of carbonyl (C=O) groups is 3. The van der Waals surface area contributed by atoms with E-state index in [1.807, 2.05) is 0 Å². The van der Waals surface area contributed by atoms with Crippen molar-refractivity contribution in [1.29, 1.82) is 0 Å². The lowest BCUT2D eigenvalue weighted by Gasteiger charge is -2.18. The van der Waals surface area contributed by atoms with E-state index in [4.69, 9.17) is 14.2 Å². The Morgan fingerprint density at radius 3 is 0.875 bits per heavy atom. The van der Waals surface area contributed by atoms with E-state index < -0.39 is 6.10 Å². The van der Waals surface area contributed by atoms with Crippen LogP contribution < -0.4 is 0 Å². The van der Waals surface area contributed by atoms with Gasteiger partial charge in [0.25, 0.3) is 0 Å². The molecule has 0 rings (SSSR count). The van der Waals surface area contributed by atoms with Crippen LogP contribution in [0.5, 0.6) is 0 Å². The number of rotatable bonds is 53. The van der Waals surface area contributed by atoms with Crippen molar-refractivity contribution in [2.45, 2.75) is 277 Å². The van der Waals surface area contributed by atoms with Gasteiger partial charge < -0.3 is 14.2 Å². The summed E-state index contributed by atoms with van der Waals surface area (Å²) in [5, 5.41) is 0. The molecule has 0 radical (unpaired) electrons. The van der Waals surface area contributed by atoms with Gasteiger partial charge in [-0.3, -0.25) is 14.4 Å². The summed E-state index contributed by atoms with van der Waals surface area (Å²) in [6.45, 7) is 6.43. The van der Waals surface area contributed by atoms with Crippen molar-refractivity contribution in [2.75, 3.05) is 13.2 Å². The van der Waals surface area contributed by atoms with Crippen LogP contribution in [0.3, 0.4) is 0 Å². The zero-order chi connectivity index (χ0) is 52.2. The van der Waals surface area contributed by atoms with E-state index in [2.05, 4.69) is 130 Å². The van der Waals surface area contributed by atoms with Crippen LogP contribution in [0.4, 0.5) is 0 Å². The van der Waals surface area contributed by atoms with Gasteiger partial charge in [0.2, 0.25) is 0 Å². The van der Waals surface area contributed by atoms with Gasteiger partial charge >= 0.3 is 17.9 Å². The predicted octanol–water partition coefficient (Wildman–Crippen LogP) is 20.3. The summed E-state index contributed by atoms with van der Waals surface area (Å²) < 4.78 is 16.8. The molecule has 0 saturated heterocycles. The number of unbranched alkanes of at least 4 members (excludes halogenated alkanes) is 24. The molecule has 6 nitrogen and oxygen atoms in total. The van der Waals surface area contributed by atoms with Gasteiger partial charge in [-0.2, -0.15) is 0 Å². The quantitative estimate of drug-likeness (QED) is 0.0261. The molecule has 0 spiro atoms. The Balaban J connectivity index is 4.12. The largest absolute Gasteiger partial charge is 0.462 e. The second-order valence-corrected chi connectivity index (χ2v) is 19.5. The summed E-state index contributed by atoms with van der Waals surface area (Å²) in [4.78, 5) is 37.9. The van der Waals surface area contributed by atoms with Gasteiger partial charge in [0.05, 0.1) is 0 Å². The smallest absolute Gasteiger partial charge is 0.306 e. The zero-order valence-electron chi connectivity index (χ0n) is 46.9. The Labute approximate surface area is 444 Å². The van der Waals surface area contributed by atoms with Crippen LogP contribution in [0.25, 0.3) is 0 Å². The highest BCUT2D eigenvalue weighted by Crippen LogP contribution is 2.15. The van der Waals surface area contributed by atoms with Crippen molar-refractivity contribution >= 4 is 17.9 Å². The highest BCUT2D eigenvalue weighted by Gasteiger charge is 2.19. The molecule has 0 saturated carbocycles. The molecule has 0 bridgehead atoms. The van der Waals surface area contributed by atoms with Gasteiger partial charge in [-0.1, -0.05) is 252 Å². The van der Waals surface area contributed by atoms with Crippen LogP contribution in [0, 0.1) is 0 Å². The lowest BCUT2D eigenvalue weighted by atomic mass is 10.1. The Bertz CT molecular complexity index is 1470. The van der Waals surface area contributed by atoms with Crippen LogP contribution >= 0.6 is 0 Å². The summed E-state index contributed by atoms with van der Waals surface area (Å²) in [6, 6.07) is 0. The van der Waals surface area contributed by atoms with Crippen molar-refractivity contribution in [2.24, 2.45) is 0 Å². The summed E-state index contributed by atoms with van der Waals surface area (Å²) in [7, 11) is 0. The van der Waals surface area contributed by atoms with Gasteiger partial charge in [0.1, 0.15) is 13.2 Å². The summed E-state index contributed by atoms with van der Waals surface area (Å²) in [5.41, 5.74) is 0. The van der Waals surface area contributed by atoms with Crippen LogP contribution in [0.1, 0.15) is 271 Å². The summed E-state index contributed by atoms with van der Waals surface area (Å²) >= 11 is 0. The molecular weight excluding hydrogens is 889 g/mol. The molecular formula is C66H110O6. The van der Waals surface area contributed by atoms with E-state index in [0.717, 1.165) is 122 Å². The molecule has 1 unspecified atom stereocenters. The molecule has 0 aliphatic rings. The minimum atomic E-state index is -0.782. The molecule has 0 aromatic carbocycles. The fourth-order valence-electron chi connectivity index (χ4n) is 8.04. The molecule has 0 aromatic heterocycles. The number of hydrogen-bond acceptors (Lipinski definition) is 6. The number of allylic oxidation sites excluding steroid dienone is 18. The standard InChI is InChI=1S/C66H110O6/c1-4-7-10-13-16-18-20-22-24-26-27-28-29-30-31-32-33-34-35-36-37-38-39-41-42-44-46-48-50-53-56-59-65(68)71-62-63(61-70-64(67)58-55-52-15-12-9-6-3)72-66(69)60-57-54-51-49-47-45-43-40-25-23-21-19-17-14-11-8-5-2/h7,10,16-19,22-25,27-28,30-31,33-34,36-37,63H,4-6,8-9,11-15,20-21,26,29,32,35,38-62H2,1-3H3/b10-7-,18-16-,19-17-,24-22-,25-23-,28-27-,31-30-,34-33-,37-36-. The van der Waals surface area contributed by atoms with E-state index in [-0.39, 0.29) is 31.1 Å². The van der Waals surface area contributed by atoms with E-state index in [9.17, 15) is 14.4 Å². The molecule has 0 aromatic rings. The maximum absolute atomic E-state index is 12.8. The van der Waals surface area contributed by atoms with Crippen molar-refractivity contribution in [1.82, 2.24) is 0 Å². The second kappa shape index (κ2) is 59.6. The molecule has 72 heavy (non-hydrogen) atoms. The second-order valence-electron chi connectivity index (χ2n) is 19.5. The molecule has 0 aliphatic carbocycles. The molecule has 410 valence electrons. The number of carbonyl (C=O) groups excluding carboxylic acids is 3. The third kappa shape index (κ3) is 57.0. The number of hydrogen-bond donors (Lipinski definition) is 0. The molecule has 6 heteroatoms. The van der Waals surface area contributed by atoms with Crippen molar-refractivity contribution in [3.05, 3.63) is 109 Å². The first kappa shape index (κ1) is 68.1. The average Bonchev–Trinajstić information content (AvgIpc) is 3.38. The van der Waals surface area contributed by atoms with Crippen molar-refractivity contribution in [3.8, 4) is 0 Å². The normalized spacial score (nSPS) is 12.9. The van der Waals surface area contributed by atoms with Gasteiger partial charge in [0, 0.05) is 19.3 Å². The van der Waals surface area contributed by atoms with Gasteiger partial charge in [-0.05, 0) is 109 Å². The minimum Gasteiger partial charge on any atom is -0.462 e. The SMILES string of the molecule is CC/C=C\C/C=C\C/C=C\C/C=C\C/C=C\C/C=C\C/C=C\CCCCCCCCCCCC(=O)OCC(COC(=O)CCCCCCCC)OC(=O)CCCCCCCCC/C=C\C/C=C\CCCCC. The van der Waals surface area contributed by atoms with Crippen LogP contribution in [0.15, 0.2) is 109 Å². The highest BCUT2D eigenvalue weighted by molar-refractivity contribution is 5.71. The van der Waals surface area contributed by atoms with Crippen LogP contribution in [-0.4, -0.2) is 37.2 Å². The first-order chi connectivity index (χ1) is 35.5. The third-order valence-corrected chi connectivity index (χ3v) is 12.5. The van der Waals surface area contributed by atoms with E-state index in [1.165, 1.54) is 109 Å². The average molecular weight is 1000 g/mol. The molecule has 0 heterocycles. The summed E-state index contributed by atoms with van der Waals surface area (Å²) in [5.74, 6) is -0.905. The monoisotopic (exact) mass is 999 g/mol. The summed E-state index contributed by atoms with van der Waals surface area (Å²) in [6.07, 6.45) is 81.1. The van der Waals surface area contributed by atoms with Crippen molar-refractivity contribution in [3.63, 3.8) is 0 Å². The third-order valence-electron chi connectivity index (χ3n) is 12.5. The molecule has 1 atom stereocenters. The first-order valence-corrected chi connectivity index (χ1v) is 29.9. The fourth-order valence-corrected chi connectivity index (χ4v) is 8.04. The fraction of sp³-hybridized carbons (Fsp3) is 0.682. The number of ether oxygens (including phenoxy) is 3. The molecule has 0 fully saturated rings. The lowest BCUT2D eigenvalue weighted by Crippen LogP contribution is -2.30. The Kier molecular flexibility index (Phi) is 56.4. The van der Waals surface area contributed by atoms with Crippen LogP contribution in [-0.2, 0) is 28.6 Å². The maximum atomic E-state index is 12.8. The van der Waals surface area contributed by atoms with Gasteiger partial charge in [-0.15, -0.1) is 0 Å². The topological polar surface area (TPSA) is 78.9 Å². The molecule has 0 amide bonds. The Morgan fingerprint density at radius 2 is 0.542 bits per heavy atom. The van der Waals surface area contributed by atoms with Crippen molar-refractivity contribution < 1.29 is 28.6 Å². The van der Waals surface area contributed by atoms with E-state index in [1.54, 1.807) is 0 Å². The van der Waals surface area contributed by atoms with Crippen LogP contribution in [0.2, 0.25) is 0 Å². The molecule has 0 N–H and O–H groups in total. The van der Waals surface area contributed by atoms with Gasteiger partial charge in [0.15, 0.2) is 6.10 Å². The maximum Gasteiger partial charge on any atom is 0.306 e. The Hall–Kier alpha value is -3.93. The highest BCUT2D eigenvalue weighted by atomic mass is 16.6. The minimum absolute atomic E-state index is 0.0829. The zero-order valence-corrected chi connectivity index (χ0v) is 46.9. The van der Waals surface area contributed by atoms with Gasteiger partial charge in [-0.25, -0.2) is 0 Å².